The second-order valence-corrected chi connectivity index (χ2v) is 6.27. The number of hydrogen-bond donors (Lipinski definition) is 1. The summed E-state index contributed by atoms with van der Waals surface area (Å²) in [4.78, 5) is 16.5. The van der Waals surface area contributed by atoms with Crippen molar-refractivity contribution in [2.75, 3.05) is 33.2 Å². The number of carbonyl (C=O) groups excluding carboxylic acids is 1. The summed E-state index contributed by atoms with van der Waals surface area (Å²) in [6.45, 7) is 2.55. The van der Waals surface area contributed by atoms with E-state index in [0.29, 0.717) is 25.9 Å². The van der Waals surface area contributed by atoms with Crippen LogP contribution in [0.15, 0.2) is 0 Å². The van der Waals surface area contributed by atoms with Gasteiger partial charge in [-0.1, -0.05) is 0 Å². The van der Waals surface area contributed by atoms with Crippen LogP contribution in [-0.4, -0.2) is 61.2 Å². The Balaban J connectivity index is 1.92. The van der Waals surface area contributed by atoms with Gasteiger partial charge in [-0.25, -0.2) is 0 Å². The molecule has 1 aliphatic heterocycles. The van der Waals surface area contributed by atoms with Crippen molar-refractivity contribution in [2.45, 2.75) is 37.9 Å². The first-order valence-electron chi connectivity index (χ1n) is 7.58. The van der Waals surface area contributed by atoms with E-state index < -0.39 is 12.1 Å². The standard InChI is InChI=1S/C14H24F3N3O/c1-19-6-7-20(12(8-18)9-19)13(21)10-2-4-11(5-3-10)14(15,16)17/h10-12H,2-9,18H2,1H3. The summed E-state index contributed by atoms with van der Waals surface area (Å²) >= 11 is 0. The maximum Gasteiger partial charge on any atom is 0.391 e. The number of likely N-dealkylation sites (N-methyl/N-ethyl adjacent to an activating group) is 1. The summed E-state index contributed by atoms with van der Waals surface area (Å²) in [5, 5.41) is 0. The van der Waals surface area contributed by atoms with Crippen LogP contribution in [0, 0.1) is 11.8 Å². The zero-order valence-electron chi connectivity index (χ0n) is 12.4. The van der Waals surface area contributed by atoms with Gasteiger partial charge >= 0.3 is 6.18 Å². The van der Waals surface area contributed by atoms with Gasteiger partial charge in [0, 0.05) is 32.1 Å². The van der Waals surface area contributed by atoms with Gasteiger partial charge in [-0.3, -0.25) is 4.79 Å². The minimum atomic E-state index is -4.12. The molecule has 0 bridgehead atoms. The van der Waals surface area contributed by atoms with Gasteiger partial charge in [-0.05, 0) is 32.7 Å². The van der Waals surface area contributed by atoms with E-state index in [1.54, 1.807) is 4.90 Å². The van der Waals surface area contributed by atoms with Crippen LogP contribution in [0.25, 0.3) is 0 Å². The molecule has 0 aromatic rings. The van der Waals surface area contributed by atoms with Gasteiger partial charge in [0.1, 0.15) is 0 Å². The van der Waals surface area contributed by atoms with Crippen molar-refractivity contribution < 1.29 is 18.0 Å². The summed E-state index contributed by atoms with van der Waals surface area (Å²) in [5.74, 6) is -1.50. The topological polar surface area (TPSA) is 49.6 Å². The quantitative estimate of drug-likeness (QED) is 0.840. The zero-order chi connectivity index (χ0) is 15.6. The Kier molecular flexibility index (Phi) is 5.14. The van der Waals surface area contributed by atoms with Gasteiger partial charge in [0.15, 0.2) is 0 Å². The first-order chi connectivity index (χ1) is 9.82. The molecule has 2 N–H and O–H groups in total. The van der Waals surface area contributed by atoms with Crippen molar-refractivity contribution in [1.29, 1.82) is 0 Å². The highest BCUT2D eigenvalue weighted by atomic mass is 19.4. The molecule has 4 nitrogen and oxygen atoms in total. The first kappa shape index (κ1) is 16.5. The Morgan fingerprint density at radius 2 is 1.81 bits per heavy atom. The molecule has 0 aromatic carbocycles. The monoisotopic (exact) mass is 307 g/mol. The molecule has 1 amide bonds. The Labute approximate surface area is 123 Å². The van der Waals surface area contributed by atoms with E-state index in [4.69, 9.17) is 5.73 Å². The van der Waals surface area contributed by atoms with Crippen molar-refractivity contribution in [2.24, 2.45) is 17.6 Å². The van der Waals surface area contributed by atoms with Gasteiger partial charge in [0.05, 0.1) is 12.0 Å². The van der Waals surface area contributed by atoms with E-state index in [2.05, 4.69) is 4.90 Å². The number of amides is 1. The summed E-state index contributed by atoms with van der Waals surface area (Å²) in [5.41, 5.74) is 5.73. The van der Waals surface area contributed by atoms with Gasteiger partial charge in [-0.15, -0.1) is 0 Å². The number of piperazine rings is 1. The van der Waals surface area contributed by atoms with Crippen LogP contribution in [0.5, 0.6) is 0 Å². The summed E-state index contributed by atoms with van der Waals surface area (Å²) < 4.78 is 38.0. The van der Waals surface area contributed by atoms with Gasteiger partial charge < -0.3 is 15.5 Å². The lowest BCUT2D eigenvalue weighted by atomic mass is 9.80. The Bertz CT molecular complexity index is 367. The van der Waals surface area contributed by atoms with Crippen molar-refractivity contribution in [1.82, 2.24) is 9.80 Å². The maximum atomic E-state index is 12.7. The number of carbonyl (C=O) groups is 1. The molecule has 7 heteroatoms. The van der Waals surface area contributed by atoms with E-state index in [-0.39, 0.29) is 30.7 Å². The highest BCUT2D eigenvalue weighted by Crippen LogP contribution is 2.40. The minimum absolute atomic E-state index is 0.000764. The fourth-order valence-electron chi connectivity index (χ4n) is 3.40. The van der Waals surface area contributed by atoms with Crippen molar-refractivity contribution in [3.8, 4) is 0 Å². The number of nitrogens with zero attached hydrogens (tertiary/aromatic N) is 2. The van der Waals surface area contributed by atoms with Gasteiger partial charge in [0.2, 0.25) is 5.91 Å². The largest absolute Gasteiger partial charge is 0.391 e. The molecule has 0 radical (unpaired) electrons. The van der Waals surface area contributed by atoms with Gasteiger partial charge in [0.25, 0.3) is 0 Å². The molecule has 0 aromatic heterocycles. The lowest BCUT2D eigenvalue weighted by molar-refractivity contribution is -0.185. The number of nitrogens with two attached hydrogens (primary N) is 1. The van der Waals surface area contributed by atoms with E-state index in [1.165, 1.54) is 0 Å². The molecule has 122 valence electrons. The van der Waals surface area contributed by atoms with Crippen LogP contribution in [0.3, 0.4) is 0 Å². The zero-order valence-corrected chi connectivity index (χ0v) is 12.4. The lowest BCUT2D eigenvalue weighted by Gasteiger charge is -2.42. The van der Waals surface area contributed by atoms with E-state index in [9.17, 15) is 18.0 Å². The molecular weight excluding hydrogens is 283 g/mol. The Morgan fingerprint density at radius 1 is 1.19 bits per heavy atom. The van der Waals surface area contributed by atoms with E-state index in [1.807, 2.05) is 7.05 Å². The van der Waals surface area contributed by atoms with Crippen LogP contribution < -0.4 is 5.73 Å². The maximum absolute atomic E-state index is 12.7. The lowest BCUT2D eigenvalue weighted by Crippen LogP contribution is -2.58. The molecule has 1 unspecified atom stereocenters. The normalized spacial score (nSPS) is 32.2. The molecule has 1 saturated heterocycles. The summed E-state index contributed by atoms with van der Waals surface area (Å²) in [6.07, 6.45) is -3.30. The third-order valence-electron chi connectivity index (χ3n) is 4.78. The SMILES string of the molecule is CN1CCN(C(=O)C2CCC(C(F)(F)F)CC2)C(CN)C1. The number of rotatable bonds is 2. The molecule has 2 rings (SSSR count). The highest BCUT2D eigenvalue weighted by Gasteiger charge is 2.43. The van der Waals surface area contributed by atoms with Crippen LogP contribution in [0.4, 0.5) is 13.2 Å². The molecule has 1 saturated carbocycles. The fourth-order valence-corrected chi connectivity index (χ4v) is 3.40. The summed E-state index contributed by atoms with van der Waals surface area (Å²) in [6, 6.07) is -0.0170. The summed E-state index contributed by atoms with van der Waals surface area (Å²) in [7, 11) is 1.99. The Morgan fingerprint density at radius 3 is 2.33 bits per heavy atom. The van der Waals surface area contributed by atoms with Crippen LogP contribution >= 0.6 is 0 Å². The molecular formula is C14H24F3N3O. The second kappa shape index (κ2) is 6.52. The van der Waals surface area contributed by atoms with Gasteiger partial charge in [-0.2, -0.15) is 13.2 Å². The third-order valence-corrected chi connectivity index (χ3v) is 4.78. The smallest absolute Gasteiger partial charge is 0.336 e. The predicted molar refractivity (Wildman–Crippen MR) is 73.6 cm³/mol. The van der Waals surface area contributed by atoms with E-state index in [0.717, 1.165) is 13.1 Å². The molecule has 1 atom stereocenters. The molecule has 2 fully saturated rings. The number of hydrogen-bond acceptors (Lipinski definition) is 3. The first-order valence-corrected chi connectivity index (χ1v) is 7.58. The average Bonchev–Trinajstić information content (AvgIpc) is 2.45. The average molecular weight is 307 g/mol. The predicted octanol–water partition coefficient (Wildman–Crippen LogP) is 1.46. The molecule has 2 aliphatic rings. The number of alkyl halides is 3. The minimum Gasteiger partial charge on any atom is -0.336 e. The highest BCUT2D eigenvalue weighted by molar-refractivity contribution is 5.79. The van der Waals surface area contributed by atoms with Crippen molar-refractivity contribution in [3.05, 3.63) is 0 Å². The van der Waals surface area contributed by atoms with Crippen LogP contribution in [0.1, 0.15) is 25.7 Å². The molecule has 1 heterocycles. The fraction of sp³-hybridized carbons (Fsp3) is 0.929. The third kappa shape index (κ3) is 3.88. The van der Waals surface area contributed by atoms with E-state index >= 15 is 0 Å². The molecule has 0 spiro atoms. The Hall–Kier alpha value is -0.820. The van der Waals surface area contributed by atoms with Crippen LogP contribution in [-0.2, 0) is 4.79 Å². The molecule has 1 aliphatic carbocycles. The number of halogens is 3. The van der Waals surface area contributed by atoms with Crippen molar-refractivity contribution >= 4 is 5.91 Å². The second-order valence-electron chi connectivity index (χ2n) is 6.27. The van der Waals surface area contributed by atoms with Crippen molar-refractivity contribution in [3.63, 3.8) is 0 Å². The molecule has 21 heavy (non-hydrogen) atoms. The van der Waals surface area contributed by atoms with Crippen LogP contribution in [0.2, 0.25) is 0 Å².